The summed E-state index contributed by atoms with van der Waals surface area (Å²) in [6.45, 7) is 1.24. The van der Waals surface area contributed by atoms with Gasteiger partial charge in [-0.2, -0.15) is 35.1 Å². The van der Waals surface area contributed by atoms with E-state index in [0.29, 0.717) is 0 Å². The molecule has 0 aliphatic rings. The zero-order valence-corrected chi connectivity index (χ0v) is 8.52. The first-order valence-corrected chi connectivity index (χ1v) is 4.51. The molecule has 0 spiro atoms. The van der Waals surface area contributed by atoms with Gasteiger partial charge in [0.05, 0.1) is 0 Å². The van der Waals surface area contributed by atoms with Crippen molar-refractivity contribution in [3.8, 4) is 0 Å². The first kappa shape index (κ1) is 16.4. The highest BCUT2D eigenvalue weighted by Gasteiger charge is 2.80. The summed E-state index contributed by atoms with van der Waals surface area (Å²) in [6, 6.07) is 0. The average Bonchev–Trinajstić information content (AvgIpc) is 2.10. The Hall–Kier alpha value is -0.630. The van der Waals surface area contributed by atoms with Gasteiger partial charge in [0, 0.05) is 0 Å². The standard InChI is InChI=1S/C8H9F9/c1-2-3-4-5(9,7(12,13)14)6(10,11)8(15,16)17/h2-4H2,1H3. The van der Waals surface area contributed by atoms with E-state index in [-0.39, 0.29) is 6.42 Å². The van der Waals surface area contributed by atoms with Crippen LogP contribution in [0.15, 0.2) is 0 Å². The van der Waals surface area contributed by atoms with Crippen molar-refractivity contribution in [3.05, 3.63) is 0 Å². The van der Waals surface area contributed by atoms with Crippen LogP contribution < -0.4 is 0 Å². The minimum Gasteiger partial charge on any atom is -0.227 e. The predicted octanol–water partition coefficient (Wildman–Crippen LogP) is 4.64. The summed E-state index contributed by atoms with van der Waals surface area (Å²) >= 11 is 0. The third-order valence-corrected chi connectivity index (χ3v) is 2.18. The van der Waals surface area contributed by atoms with Gasteiger partial charge in [-0.05, 0) is 12.8 Å². The molecule has 1 atom stereocenters. The normalized spacial score (nSPS) is 18.0. The molecule has 0 rings (SSSR count). The van der Waals surface area contributed by atoms with E-state index in [0.717, 1.165) is 0 Å². The second-order valence-corrected chi connectivity index (χ2v) is 3.47. The van der Waals surface area contributed by atoms with Crippen LogP contribution in [0.4, 0.5) is 39.5 Å². The highest BCUT2D eigenvalue weighted by Crippen LogP contribution is 2.54. The van der Waals surface area contributed by atoms with Crippen molar-refractivity contribution in [1.82, 2.24) is 0 Å². The van der Waals surface area contributed by atoms with Gasteiger partial charge in [-0.15, -0.1) is 0 Å². The monoisotopic (exact) mass is 276 g/mol. The van der Waals surface area contributed by atoms with Crippen LogP contribution in [-0.4, -0.2) is 23.9 Å². The summed E-state index contributed by atoms with van der Waals surface area (Å²) in [7, 11) is 0. The summed E-state index contributed by atoms with van der Waals surface area (Å²) in [5.74, 6) is -6.46. The summed E-state index contributed by atoms with van der Waals surface area (Å²) < 4.78 is 110. The lowest BCUT2D eigenvalue weighted by molar-refractivity contribution is -0.384. The van der Waals surface area contributed by atoms with Crippen LogP contribution in [0.3, 0.4) is 0 Å². The lowest BCUT2D eigenvalue weighted by atomic mass is 9.90. The fraction of sp³-hybridized carbons (Fsp3) is 1.00. The van der Waals surface area contributed by atoms with Gasteiger partial charge in [-0.3, -0.25) is 0 Å². The van der Waals surface area contributed by atoms with Crippen molar-refractivity contribution in [2.45, 2.75) is 50.1 Å². The first-order chi connectivity index (χ1) is 7.31. The Kier molecular flexibility index (Phi) is 4.40. The third-order valence-electron chi connectivity index (χ3n) is 2.18. The average molecular weight is 276 g/mol. The minimum absolute atomic E-state index is 0.143. The topological polar surface area (TPSA) is 0 Å². The Morgan fingerprint density at radius 2 is 1.12 bits per heavy atom. The van der Waals surface area contributed by atoms with Crippen molar-refractivity contribution in [1.29, 1.82) is 0 Å². The molecule has 0 heterocycles. The van der Waals surface area contributed by atoms with Crippen molar-refractivity contribution < 1.29 is 39.5 Å². The van der Waals surface area contributed by atoms with Gasteiger partial charge in [0.2, 0.25) is 0 Å². The molecular formula is C8H9F9. The van der Waals surface area contributed by atoms with Gasteiger partial charge in [0.15, 0.2) is 0 Å². The largest absolute Gasteiger partial charge is 0.457 e. The molecule has 0 saturated carbocycles. The molecule has 0 saturated heterocycles. The predicted molar refractivity (Wildman–Crippen MR) is 40.4 cm³/mol. The van der Waals surface area contributed by atoms with Crippen molar-refractivity contribution in [2.75, 3.05) is 0 Å². The molecule has 0 bridgehead atoms. The van der Waals surface area contributed by atoms with Gasteiger partial charge in [-0.25, -0.2) is 4.39 Å². The quantitative estimate of drug-likeness (QED) is 0.656. The number of unbranched alkanes of at least 4 members (excludes halogenated alkanes) is 1. The smallest absolute Gasteiger partial charge is 0.227 e. The van der Waals surface area contributed by atoms with Gasteiger partial charge < -0.3 is 0 Å². The molecule has 0 amide bonds. The van der Waals surface area contributed by atoms with E-state index < -0.39 is 36.8 Å². The molecule has 0 nitrogen and oxygen atoms in total. The molecule has 0 aliphatic heterocycles. The van der Waals surface area contributed by atoms with Gasteiger partial charge in [-0.1, -0.05) is 13.3 Å². The number of alkyl halides is 9. The van der Waals surface area contributed by atoms with E-state index in [2.05, 4.69) is 0 Å². The molecule has 0 aromatic carbocycles. The van der Waals surface area contributed by atoms with E-state index in [1.54, 1.807) is 0 Å². The molecular weight excluding hydrogens is 267 g/mol. The van der Waals surface area contributed by atoms with Gasteiger partial charge in [0.1, 0.15) is 0 Å². The highest BCUT2D eigenvalue weighted by atomic mass is 19.4. The molecule has 17 heavy (non-hydrogen) atoms. The molecule has 104 valence electrons. The number of hydrogen-bond acceptors (Lipinski definition) is 0. The fourth-order valence-corrected chi connectivity index (χ4v) is 1.12. The van der Waals surface area contributed by atoms with Gasteiger partial charge in [0.25, 0.3) is 5.67 Å². The fourth-order valence-electron chi connectivity index (χ4n) is 1.12. The Morgan fingerprint density at radius 3 is 1.35 bits per heavy atom. The van der Waals surface area contributed by atoms with Crippen LogP contribution in [0, 0.1) is 0 Å². The van der Waals surface area contributed by atoms with E-state index in [1.807, 2.05) is 0 Å². The van der Waals surface area contributed by atoms with Crippen LogP contribution in [0.2, 0.25) is 0 Å². The molecule has 1 unspecified atom stereocenters. The van der Waals surface area contributed by atoms with E-state index in [4.69, 9.17) is 0 Å². The van der Waals surface area contributed by atoms with Crippen LogP contribution in [0.25, 0.3) is 0 Å². The van der Waals surface area contributed by atoms with E-state index >= 15 is 0 Å². The van der Waals surface area contributed by atoms with Crippen molar-refractivity contribution >= 4 is 0 Å². The summed E-state index contributed by atoms with van der Waals surface area (Å²) in [6.07, 6.45) is -15.7. The van der Waals surface area contributed by atoms with Crippen LogP contribution in [0.1, 0.15) is 26.2 Å². The number of hydrogen-bond donors (Lipinski definition) is 0. The number of halogens is 9. The maximum Gasteiger partial charge on any atom is 0.457 e. The number of rotatable bonds is 4. The van der Waals surface area contributed by atoms with Crippen molar-refractivity contribution in [3.63, 3.8) is 0 Å². The molecule has 0 radical (unpaired) electrons. The third kappa shape index (κ3) is 2.79. The van der Waals surface area contributed by atoms with Crippen LogP contribution in [0.5, 0.6) is 0 Å². The lowest BCUT2D eigenvalue weighted by Gasteiger charge is -2.35. The molecule has 9 heteroatoms. The van der Waals surface area contributed by atoms with E-state index in [9.17, 15) is 39.5 Å². The molecule has 0 aromatic rings. The Labute approximate surface area is 90.8 Å². The summed E-state index contributed by atoms with van der Waals surface area (Å²) in [4.78, 5) is 0. The van der Waals surface area contributed by atoms with E-state index in [1.165, 1.54) is 6.92 Å². The second-order valence-electron chi connectivity index (χ2n) is 3.47. The van der Waals surface area contributed by atoms with Gasteiger partial charge >= 0.3 is 18.3 Å². The maximum atomic E-state index is 13.2. The Balaban J connectivity index is 5.48. The minimum atomic E-state index is -6.59. The Morgan fingerprint density at radius 1 is 0.706 bits per heavy atom. The first-order valence-electron chi connectivity index (χ1n) is 4.51. The molecule has 0 fully saturated rings. The van der Waals surface area contributed by atoms with Crippen LogP contribution in [-0.2, 0) is 0 Å². The maximum absolute atomic E-state index is 13.2. The second kappa shape index (κ2) is 4.56. The lowest BCUT2D eigenvalue weighted by Crippen LogP contribution is -2.62. The summed E-state index contributed by atoms with van der Waals surface area (Å²) in [5.41, 5.74) is -5.59. The zero-order chi connectivity index (χ0) is 14.1. The van der Waals surface area contributed by atoms with Crippen LogP contribution >= 0.6 is 0 Å². The summed E-state index contributed by atoms with van der Waals surface area (Å²) in [5, 5.41) is 0. The molecule has 0 aliphatic carbocycles. The van der Waals surface area contributed by atoms with Crippen molar-refractivity contribution in [2.24, 2.45) is 0 Å². The SMILES string of the molecule is CCCCC(F)(C(F)(F)F)C(F)(F)C(F)(F)F. The highest BCUT2D eigenvalue weighted by molar-refractivity contribution is 5.03. The Bertz CT molecular complexity index is 251. The zero-order valence-electron chi connectivity index (χ0n) is 8.52. The molecule has 0 N–H and O–H groups in total. The molecule has 0 aromatic heterocycles.